The van der Waals surface area contributed by atoms with Gasteiger partial charge in [0.15, 0.2) is 0 Å². The van der Waals surface area contributed by atoms with Gasteiger partial charge < -0.3 is 14.8 Å². The molecule has 2 N–H and O–H groups in total. The molecule has 2 aromatic rings. The summed E-state index contributed by atoms with van der Waals surface area (Å²) in [5.74, 6) is 0.624. The van der Waals surface area contributed by atoms with E-state index in [0.717, 1.165) is 24.2 Å². The molecule has 0 aromatic heterocycles. The minimum atomic E-state index is -3.42. The lowest BCUT2D eigenvalue weighted by molar-refractivity contribution is 0.0487. The van der Waals surface area contributed by atoms with E-state index in [1.165, 1.54) is 0 Å². The highest BCUT2D eigenvalue weighted by molar-refractivity contribution is 7.92. The number of hydrogen-bond donors (Lipinski definition) is 2. The van der Waals surface area contributed by atoms with E-state index in [4.69, 9.17) is 9.47 Å². The second-order valence-corrected chi connectivity index (χ2v) is 9.88. The molecule has 2 aromatic carbocycles. The van der Waals surface area contributed by atoms with Gasteiger partial charge in [0.1, 0.15) is 5.75 Å². The van der Waals surface area contributed by atoms with Crippen molar-refractivity contribution in [1.29, 1.82) is 0 Å². The van der Waals surface area contributed by atoms with Crippen LogP contribution in [-0.4, -0.2) is 46.4 Å². The van der Waals surface area contributed by atoms with E-state index < -0.39 is 10.0 Å². The number of carbonyl (C=O) groups is 1. The molecule has 174 valence electrons. The van der Waals surface area contributed by atoms with E-state index in [1.54, 1.807) is 31.2 Å². The first-order valence-electron chi connectivity index (χ1n) is 11.1. The SMILES string of the molecule is CCCS(=O)(=O)Nc1cccc(C(=O)NCC2(c3ccc(OCC)cc3)CCOCC2)c1. The van der Waals surface area contributed by atoms with Crippen molar-refractivity contribution in [3.63, 3.8) is 0 Å². The number of nitrogens with one attached hydrogen (secondary N) is 2. The van der Waals surface area contributed by atoms with Gasteiger partial charge in [-0.25, -0.2) is 8.42 Å². The number of amides is 1. The quantitative estimate of drug-likeness (QED) is 0.564. The van der Waals surface area contributed by atoms with Crippen LogP contribution in [0.2, 0.25) is 0 Å². The fourth-order valence-corrected chi connectivity index (χ4v) is 5.10. The van der Waals surface area contributed by atoms with Crippen LogP contribution in [0.3, 0.4) is 0 Å². The summed E-state index contributed by atoms with van der Waals surface area (Å²) in [6, 6.07) is 14.6. The summed E-state index contributed by atoms with van der Waals surface area (Å²) < 4.78 is 37.8. The lowest BCUT2D eigenvalue weighted by Gasteiger charge is -2.38. The number of sulfonamides is 1. The molecule has 7 nitrogen and oxygen atoms in total. The maximum Gasteiger partial charge on any atom is 0.251 e. The number of hydrogen-bond acceptors (Lipinski definition) is 5. The van der Waals surface area contributed by atoms with Gasteiger partial charge in [-0.15, -0.1) is 0 Å². The molecule has 3 rings (SSSR count). The topological polar surface area (TPSA) is 93.7 Å². The van der Waals surface area contributed by atoms with Crippen LogP contribution in [-0.2, 0) is 20.2 Å². The van der Waals surface area contributed by atoms with Gasteiger partial charge in [0.2, 0.25) is 10.0 Å². The highest BCUT2D eigenvalue weighted by Gasteiger charge is 2.35. The van der Waals surface area contributed by atoms with Crippen molar-refractivity contribution in [2.24, 2.45) is 0 Å². The maximum atomic E-state index is 12.9. The number of rotatable bonds is 10. The standard InChI is InChI=1S/C24H32N2O5S/c1-3-16-32(28,29)26-21-7-5-6-19(17-21)23(27)25-18-24(12-14-30-15-13-24)20-8-10-22(11-9-20)31-4-2/h5-11,17,26H,3-4,12-16,18H2,1-2H3,(H,25,27). The van der Waals surface area contributed by atoms with Gasteiger partial charge >= 0.3 is 0 Å². The van der Waals surface area contributed by atoms with E-state index >= 15 is 0 Å². The van der Waals surface area contributed by atoms with Crippen molar-refractivity contribution in [2.45, 2.75) is 38.5 Å². The molecule has 1 aliphatic rings. The molecule has 1 fully saturated rings. The summed E-state index contributed by atoms with van der Waals surface area (Å²) in [5.41, 5.74) is 1.72. The molecule has 0 atom stereocenters. The molecule has 1 heterocycles. The van der Waals surface area contributed by atoms with Crippen LogP contribution in [0.4, 0.5) is 5.69 Å². The molecule has 0 unspecified atom stereocenters. The van der Waals surface area contributed by atoms with Crippen molar-refractivity contribution < 1.29 is 22.7 Å². The first-order valence-corrected chi connectivity index (χ1v) is 12.7. The molecule has 0 aliphatic carbocycles. The summed E-state index contributed by atoms with van der Waals surface area (Å²) in [5, 5.41) is 3.06. The number of ether oxygens (including phenoxy) is 2. The fourth-order valence-electron chi connectivity index (χ4n) is 3.98. The molecular weight excluding hydrogens is 428 g/mol. The van der Waals surface area contributed by atoms with Crippen LogP contribution in [0, 0.1) is 0 Å². The lowest BCUT2D eigenvalue weighted by Crippen LogP contribution is -2.44. The van der Waals surface area contributed by atoms with Gasteiger partial charge in [-0.1, -0.05) is 25.1 Å². The molecule has 0 bridgehead atoms. The largest absolute Gasteiger partial charge is 0.494 e. The predicted molar refractivity (Wildman–Crippen MR) is 126 cm³/mol. The molecule has 0 spiro atoms. The molecule has 0 saturated carbocycles. The Morgan fingerprint density at radius 1 is 1.09 bits per heavy atom. The van der Waals surface area contributed by atoms with Crippen LogP contribution in [0.25, 0.3) is 0 Å². The Balaban J connectivity index is 1.72. The molecular formula is C24H32N2O5S. The third kappa shape index (κ3) is 6.23. The maximum absolute atomic E-state index is 12.9. The Morgan fingerprint density at radius 2 is 1.81 bits per heavy atom. The Morgan fingerprint density at radius 3 is 2.47 bits per heavy atom. The van der Waals surface area contributed by atoms with Crippen LogP contribution in [0.1, 0.15) is 49.0 Å². The molecule has 0 radical (unpaired) electrons. The van der Waals surface area contributed by atoms with E-state index in [0.29, 0.717) is 44.0 Å². The third-order valence-electron chi connectivity index (χ3n) is 5.69. The van der Waals surface area contributed by atoms with Gasteiger partial charge in [0.05, 0.1) is 12.4 Å². The zero-order valence-electron chi connectivity index (χ0n) is 18.7. The Bertz CT molecular complexity index is 999. The number of carbonyl (C=O) groups excluding carboxylic acids is 1. The second-order valence-electron chi connectivity index (χ2n) is 8.03. The number of anilines is 1. The Kier molecular flexibility index (Phi) is 8.15. The van der Waals surface area contributed by atoms with Gasteiger partial charge in [0, 0.05) is 36.4 Å². The Hall–Kier alpha value is -2.58. The van der Waals surface area contributed by atoms with Gasteiger partial charge in [-0.05, 0) is 62.1 Å². The zero-order valence-corrected chi connectivity index (χ0v) is 19.5. The van der Waals surface area contributed by atoms with E-state index in [-0.39, 0.29) is 17.1 Å². The predicted octanol–water partition coefficient (Wildman–Crippen LogP) is 3.72. The molecule has 8 heteroatoms. The Labute approximate surface area is 190 Å². The van der Waals surface area contributed by atoms with Crippen molar-refractivity contribution in [3.8, 4) is 5.75 Å². The van der Waals surface area contributed by atoms with Crippen molar-refractivity contribution >= 4 is 21.6 Å². The normalized spacial score (nSPS) is 15.7. The summed E-state index contributed by atoms with van der Waals surface area (Å²) in [7, 11) is -3.42. The van der Waals surface area contributed by atoms with Gasteiger partial charge in [-0.2, -0.15) is 0 Å². The minimum absolute atomic E-state index is 0.0378. The van der Waals surface area contributed by atoms with Crippen molar-refractivity contribution in [1.82, 2.24) is 5.32 Å². The average molecular weight is 461 g/mol. The first kappa shape index (κ1) is 24.1. The van der Waals surface area contributed by atoms with Crippen LogP contribution in [0.15, 0.2) is 48.5 Å². The van der Waals surface area contributed by atoms with Crippen LogP contribution in [0.5, 0.6) is 5.75 Å². The molecule has 1 amide bonds. The summed E-state index contributed by atoms with van der Waals surface area (Å²) in [6.07, 6.45) is 2.13. The van der Waals surface area contributed by atoms with E-state index in [2.05, 4.69) is 22.2 Å². The van der Waals surface area contributed by atoms with Crippen molar-refractivity contribution in [3.05, 3.63) is 59.7 Å². The van der Waals surface area contributed by atoms with Crippen LogP contribution >= 0.6 is 0 Å². The fraction of sp³-hybridized carbons (Fsp3) is 0.458. The highest BCUT2D eigenvalue weighted by Crippen LogP contribution is 2.35. The smallest absolute Gasteiger partial charge is 0.251 e. The molecule has 32 heavy (non-hydrogen) atoms. The van der Waals surface area contributed by atoms with Crippen LogP contribution < -0.4 is 14.8 Å². The van der Waals surface area contributed by atoms with E-state index in [1.807, 2.05) is 19.1 Å². The average Bonchev–Trinajstić information content (AvgIpc) is 2.78. The lowest BCUT2D eigenvalue weighted by atomic mass is 9.74. The number of benzene rings is 2. The minimum Gasteiger partial charge on any atom is -0.494 e. The van der Waals surface area contributed by atoms with Gasteiger partial charge in [-0.3, -0.25) is 9.52 Å². The van der Waals surface area contributed by atoms with Gasteiger partial charge in [0.25, 0.3) is 5.91 Å². The zero-order chi connectivity index (χ0) is 23.0. The van der Waals surface area contributed by atoms with E-state index in [9.17, 15) is 13.2 Å². The summed E-state index contributed by atoms with van der Waals surface area (Å²) in [4.78, 5) is 12.9. The first-order chi connectivity index (χ1) is 15.4. The molecule has 1 aliphatic heterocycles. The second kappa shape index (κ2) is 10.8. The summed E-state index contributed by atoms with van der Waals surface area (Å²) >= 11 is 0. The third-order valence-corrected chi connectivity index (χ3v) is 7.18. The molecule has 1 saturated heterocycles. The monoisotopic (exact) mass is 460 g/mol. The van der Waals surface area contributed by atoms with Crippen molar-refractivity contribution in [2.75, 3.05) is 36.8 Å². The summed E-state index contributed by atoms with van der Waals surface area (Å²) in [6.45, 7) is 6.11. The highest BCUT2D eigenvalue weighted by atomic mass is 32.2.